The van der Waals surface area contributed by atoms with Crippen molar-refractivity contribution in [1.82, 2.24) is 24.8 Å². The van der Waals surface area contributed by atoms with Crippen LogP contribution in [0.2, 0.25) is 5.02 Å². The molecule has 0 atom stereocenters. The second kappa shape index (κ2) is 6.25. The molecule has 0 fully saturated rings. The van der Waals surface area contributed by atoms with Gasteiger partial charge in [0, 0.05) is 12.4 Å². The predicted molar refractivity (Wildman–Crippen MR) is 99.6 cm³/mol. The molecule has 8 heteroatoms. The Balaban J connectivity index is 1.78. The lowest BCUT2D eigenvalue weighted by Gasteiger charge is -2.01. The molecule has 0 saturated carbocycles. The van der Waals surface area contributed by atoms with Gasteiger partial charge < -0.3 is 4.42 Å². The number of hydrogen-bond acceptors (Lipinski definition) is 5. The molecule has 26 heavy (non-hydrogen) atoms. The highest BCUT2D eigenvalue weighted by Gasteiger charge is 2.17. The maximum Gasteiger partial charge on any atom is 0.296 e. The highest BCUT2D eigenvalue weighted by atomic mass is 35.5. The summed E-state index contributed by atoms with van der Waals surface area (Å²) in [6, 6.07) is 5.71. The normalized spacial score (nSPS) is 11.7. The molecule has 0 bridgehead atoms. The van der Waals surface area contributed by atoms with E-state index < -0.39 is 0 Å². The Morgan fingerprint density at radius 3 is 2.85 bits per heavy atom. The van der Waals surface area contributed by atoms with Gasteiger partial charge in [-0.15, -0.1) is 5.10 Å². The fourth-order valence-electron chi connectivity index (χ4n) is 3.21. The number of hydrogen-bond donors (Lipinski definition) is 0. The van der Waals surface area contributed by atoms with Crippen molar-refractivity contribution in [2.45, 2.75) is 33.2 Å². The number of nitrogens with zero attached hydrogens (tertiary/aromatic N) is 5. The van der Waals surface area contributed by atoms with Gasteiger partial charge in [0.05, 0.1) is 10.7 Å². The SMILES string of the molecule is CCCc1nn(C)c2c(=O)n(Cc3cc4cc(C)cc(Cl)c4o3)nnc12. The Bertz CT molecular complexity index is 1190. The largest absolute Gasteiger partial charge is 0.458 e. The van der Waals surface area contributed by atoms with Crippen LogP contribution in [-0.2, 0) is 20.0 Å². The van der Waals surface area contributed by atoms with E-state index in [2.05, 4.69) is 22.3 Å². The second-order valence-electron chi connectivity index (χ2n) is 6.45. The third kappa shape index (κ3) is 2.68. The highest BCUT2D eigenvalue weighted by Crippen LogP contribution is 2.28. The molecule has 7 nitrogen and oxygen atoms in total. The van der Waals surface area contributed by atoms with Crippen molar-refractivity contribution in [3.8, 4) is 0 Å². The Hall–Kier alpha value is -2.67. The second-order valence-corrected chi connectivity index (χ2v) is 6.85. The van der Waals surface area contributed by atoms with Gasteiger partial charge in [0.1, 0.15) is 17.8 Å². The molecular formula is C18H18ClN5O2. The van der Waals surface area contributed by atoms with Crippen LogP contribution in [0.25, 0.3) is 22.0 Å². The van der Waals surface area contributed by atoms with E-state index in [4.69, 9.17) is 16.0 Å². The maximum absolute atomic E-state index is 12.8. The molecule has 3 heterocycles. The predicted octanol–water partition coefficient (Wildman–Crippen LogP) is 3.23. The van der Waals surface area contributed by atoms with E-state index in [-0.39, 0.29) is 12.1 Å². The van der Waals surface area contributed by atoms with Crippen LogP contribution in [0.1, 0.15) is 30.4 Å². The monoisotopic (exact) mass is 371 g/mol. The molecule has 0 aliphatic rings. The van der Waals surface area contributed by atoms with Gasteiger partial charge >= 0.3 is 0 Å². The van der Waals surface area contributed by atoms with E-state index >= 15 is 0 Å². The first-order valence-corrected chi connectivity index (χ1v) is 8.83. The zero-order chi connectivity index (χ0) is 18.4. The summed E-state index contributed by atoms with van der Waals surface area (Å²) >= 11 is 6.24. The van der Waals surface area contributed by atoms with Crippen molar-refractivity contribution in [3.63, 3.8) is 0 Å². The molecule has 0 radical (unpaired) electrons. The highest BCUT2D eigenvalue weighted by molar-refractivity contribution is 6.34. The molecular weight excluding hydrogens is 354 g/mol. The van der Waals surface area contributed by atoms with Crippen LogP contribution < -0.4 is 5.56 Å². The molecule has 0 amide bonds. The number of aromatic nitrogens is 5. The average Bonchev–Trinajstić information content (AvgIpc) is 3.12. The lowest BCUT2D eigenvalue weighted by atomic mass is 10.2. The fourth-order valence-corrected chi connectivity index (χ4v) is 3.53. The summed E-state index contributed by atoms with van der Waals surface area (Å²) in [5, 5.41) is 14.2. The number of furan rings is 1. The third-order valence-electron chi connectivity index (χ3n) is 4.34. The Morgan fingerprint density at radius 2 is 2.08 bits per heavy atom. The summed E-state index contributed by atoms with van der Waals surface area (Å²) in [6.45, 7) is 4.21. The van der Waals surface area contributed by atoms with Crippen molar-refractivity contribution in [1.29, 1.82) is 0 Å². The smallest absolute Gasteiger partial charge is 0.296 e. The summed E-state index contributed by atoms with van der Waals surface area (Å²) < 4.78 is 8.68. The van der Waals surface area contributed by atoms with Crippen LogP contribution in [-0.4, -0.2) is 24.8 Å². The minimum Gasteiger partial charge on any atom is -0.458 e. The van der Waals surface area contributed by atoms with E-state index in [0.29, 0.717) is 27.4 Å². The van der Waals surface area contributed by atoms with Gasteiger partial charge in [0.15, 0.2) is 11.1 Å². The van der Waals surface area contributed by atoms with Crippen LogP contribution in [0.15, 0.2) is 27.4 Å². The molecule has 3 aromatic heterocycles. The zero-order valence-corrected chi connectivity index (χ0v) is 15.5. The quantitative estimate of drug-likeness (QED) is 0.550. The third-order valence-corrected chi connectivity index (χ3v) is 4.62. The summed E-state index contributed by atoms with van der Waals surface area (Å²) in [7, 11) is 1.75. The topological polar surface area (TPSA) is 78.7 Å². The molecule has 0 aliphatic heterocycles. The zero-order valence-electron chi connectivity index (χ0n) is 14.8. The number of fused-ring (bicyclic) bond motifs is 2. The van der Waals surface area contributed by atoms with Crippen molar-refractivity contribution >= 4 is 33.6 Å². The molecule has 0 unspecified atom stereocenters. The van der Waals surface area contributed by atoms with Crippen molar-refractivity contribution < 1.29 is 4.42 Å². The van der Waals surface area contributed by atoms with Crippen LogP contribution in [0, 0.1) is 6.92 Å². The van der Waals surface area contributed by atoms with E-state index in [9.17, 15) is 4.79 Å². The van der Waals surface area contributed by atoms with E-state index in [1.807, 2.05) is 25.1 Å². The Morgan fingerprint density at radius 1 is 1.27 bits per heavy atom. The summed E-state index contributed by atoms with van der Waals surface area (Å²) in [6.07, 6.45) is 1.69. The lowest BCUT2D eigenvalue weighted by Crippen LogP contribution is -2.25. The standard InChI is InChI=1S/C18H18ClN5O2/c1-4-5-14-15-16(23(3)21-14)18(25)24(22-20-15)9-12-8-11-6-10(2)7-13(19)17(11)26-12/h6-8H,4-5,9H2,1-3H3. The molecule has 0 N–H and O–H groups in total. The first-order chi connectivity index (χ1) is 12.5. The van der Waals surface area contributed by atoms with Crippen LogP contribution in [0.5, 0.6) is 0 Å². The molecule has 0 aliphatic carbocycles. The fraction of sp³-hybridized carbons (Fsp3) is 0.333. The molecule has 134 valence electrons. The first kappa shape index (κ1) is 16.8. The van der Waals surface area contributed by atoms with Gasteiger partial charge in [-0.25, -0.2) is 4.68 Å². The molecule has 4 aromatic rings. The van der Waals surface area contributed by atoms with Crippen LogP contribution >= 0.6 is 11.6 Å². The summed E-state index contributed by atoms with van der Waals surface area (Å²) in [4.78, 5) is 12.8. The molecule has 1 aromatic carbocycles. The van der Waals surface area contributed by atoms with Gasteiger partial charge in [-0.05, 0) is 37.1 Å². The maximum atomic E-state index is 12.8. The van der Waals surface area contributed by atoms with Gasteiger partial charge in [0.2, 0.25) is 0 Å². The number of rotatable bonds is 4. The van der Waals surface area contributed by atoms with Gasteiger partial charge in [-0.2, -0.15) is 5.10 Å². The van der Waals surface area contributed by atoms with Gasteiger partial charge in [-0.1, -0.05) is 30.2 Å². The Labute approximate surface area is 154 Å². The average molecular weight is 372 g/mol. The van der Waals surface area contributed by atoms with Gasteiger partial charge in [0.25, 0.3) is 5.56 Å². The van der Waals surface area contributed by atoms with Crippen molar-refractivity contribution in [3.05, 3.63) is 50.6 Å². The van der Waals surface area contributed by atoms with Crippen molar-refractivity contribution in [2.75, 3.05) is 0 Å². The molecule has 4 rings (SSSR count). The van der Waals surface area contributed by atoms with E-state index in [1.54, 1.807) is 11.7 Å². The van der Waals surface area contributed by atoms with Crippen LogP contribution in [0.4, 0.5) is 0 Å². The number of halogens is 1. The van der Waals surface area contributed by atoms with E-state index in [0.717, 1.165) is 29.5 Å². The number of benzene rings is 1. The lowest BCUT2D eigenvalue weighted by molar-refractivity contribution is 0.487. The minimum absolute atomic E-state index is 0.181. The number of aryl methyl sites for hydroxylation is 3. The van der Waals surface area contributed by atoms with E-state index in [1.165, 1.54) is 4.68 Å². The van der Waals surface area contributed by atoms with Crippen LogP contribution in [0.3, 0.4) is 0 Å². The summed E-state index contributed by atoms with van der Waals surface area (Å²) in [5.74, 6) is 0.596. The minimum atomic E-state index is -0.241. The summed E-state index contributed by atoms with van der Waals surface area (Å²) in [5.41, 5.74) is 3.24. The van der Waals surface area contributed by atoms with Gasteiger partial charge in [-0.3, -0.25) is 9.48 Å². The first-order valence-electron chi connectivity index (χ1n) is 8.46. The molecule has 0 spiro atoms. The Kier molecular flexibility index (Phi) is 4.03. The molecule has 0 saturated heterocycles. The van der Waals surface area contributed by atoms with Crippen molar-refractivity contribution in [2.24, 2.45) is 7.05 Å².